The van der Waals surface area contributed by atoms with Gasteiger partial charge in [-0.15, -0.1) is 0 Å². The smallest absolute Gasteiger partial charge is 0.313 e. The zero-order valence-corrected chi connectivity index (χ0v) is 11.5. The Labute approximate surface area is 120 Å². The first-order valence-electron chi connectivity index (χ1n) is 6.47. The van der Waals surface area contributed by atoms with Crippen LogP contribution in [-0.2, 0) is 0 Å². The summed E-state index contributed by atoms with van der Waals surface area (Å²) in [6.07, 6.45) is 5.02. The molecule has 7 heteroatoms. The Morgan fingerprint density at radius 1 is 1.35 bits per heavy atom. The maximum atomic E-state index is 12.1. The summed E-state index contributed by atoms with van der Waals surface area (Å²) in [6, 6.07) is 2.31. The number of amides is 1. The summed E-state index contributed by atoms with van der Waals surface area (Å²) in [6.45, 7) is 0. The van der Waals surface area contributed by atoms with Crippen molar-refractivity contribution in [2.24, 2.45) is 0 Å². The highest BCUT2D eigenvalue weighted by Gasteiger charge is 2.24. The summed E-state index contributed by atoms with van der Waals surface area (Å²) in [5.74, 6) is -1.17. The van der Waals surface area contributed by atoms with Gasteiger partial charge in [-0.25, -0.2) is 0 Å². The number of rotatable bonds is 3. The number of nitro groups is 1. The second-order valence-corrected chi connectivity index (χ2v) is 5.32. The third-order valence-corrected chi connectivity index (χ3v) is 3.65. The van der Waals surface area contributed by atoms with E-state index in [0.29, 0.717) is 0 Å². The van der Waals surface area contributed by atoms with Crippen LogP contribution < -0.4 is 5.32 Å². The Morgan fingerprint density at radius 2 is 2.00 bits per heavy atom. The number of benzene rings is 1. The molecule has 2 rings (SSSR count). The van der Waals surface area contributed by atoms with Crippen molar-refractivity contribution >= 4 is 23.2 Å². The lowest BCUT2D eigenvalue weighted by molar-refractivity contribution is -0.385. The van der Waals surface area contributed by atoms with Crippen molar-refractivity contribution in [1.82, 2.24) is 5.32 Å². The van der Waals surface area contributed by atoms with Crippen LogP contribution in [0, 0.1) is 10.1 Å². The Bertz CT molecular complexity index is 541. The number of phenolic OH excluding ortho intramolecular Hbond substituents is 1. The van der Waals surface area contributed by atoms with Crippen molar-refractivity contribution in [2.75, 3.05) is 0 Å². The van der Waals surface area contributed by atoms with Gasteiger partial charge in [0.1, 0.15) is 0 Å². The molecular formula is C13H15ClN2O4. The standard InChI is InChI=1S/C13H15ClN2O4/c14-8-6-10(12(17)11(7-8)16(19)20)13(18)15-9-4-2-1-3-5-9/h6-7,9,17H,1-5H2,(H,15,18). The minimum absolute atomic E-state index is 0.0447. The minimum Gasteiger partial charge on any atom is -0.502 e. The molecule has 1 aromatic rings. The van der Waals surface area contributed by atoms with E-state index in [-0.39, 0.29) is 16.6 Å². The summed E-state index contributed by atoms with van der Waals surface area (Å²) in [5.41, 5.74) is -0.721. The van der Waals surface area contributed by atoms with E-state index >= 15 is 0 Å². The van der Waals surface area contributed by atoms with E-state index in [2.05, 4.69) is 5.32 Å². The normalized spacial score (nSPS) is 15.8. The average molecular weight is 299 g/mol. The summed E-state index contributed by atoms with van der Waals surface area (Å²) >= 11 is 5.76. The molecule has 6 nitrogen and oxygen atoms in total. The van der Waals surface area contributed by atoms with Crippen LogP contribution in [0.1, 0.15) is 42.5 Å². The second-order valence-electron chi connectivity index (χ2n) is 4.89. The second kappa shape index (κ2) is 6.09. The fourth-order valence-electron chi connectivity index (χ4n) is 2.41. The first kappa shape index (κ1) is 14.6. The first-order chi connectivity index (χ1) is 9.49. The van der Waals surface area contributed by atoms with Crippen LogP contribution in [0.5, 0.6) is 5.75 Å². The molecule has 0 saturated heterocycles. The van der Waals surface area contributed by atoms with Crippen LogP contribution in [0.3, 0.4) is 0 Å². The molecule has 1 amide bonds. The largest absolute Gasteiger partial charge is 0.502 e. The van der Waals surface area contributed by atoms with Crippen molar-refractivity contribution in [2.45, 2.75) is 38.1 Å². The molecule has 2 N–H and O–H groups in total. The topological polar surface area (TPSA) is 92.5 Å². The number of phenols is 1. The lowest BCUT2D eigenvalue weighted by Gasteiger charge is -2.22. The minimum atomic E-state index is -0.765. The molecule has 0 heterocycles. The first-order valence-corrected chi connectivity index (χ1v) is 6.84. The molecule has 108 valence electrons. The number of hydrogen-bond donors (Lipinski definition) is 2. The molecular weight excluding hydrogens is 284 g/mol. The van der Waals surface area contributed by atoms with Crippen LogP contribution >= 0.6 is 11.6 Å². The Hall–Kier alpha value is -1.82. The number of aromatic hydroxyl groups is 1. The monoisotopic (exact) mass is 298 g/mol. The van der Waals surface area contributed by atoms with Gasteiger partial charge < -0.3 is 10.4 Å². The number of carbonyl (C=O) groups excluding carboxylic acids is 1. The zero-order chi connectivity index (χ0) is 14.7. The Morgan fingerprint density at radius 3 is 2.60 bits per heavy atom. The van der Waals surface area contributed by atoms with Gasteiger partial charge in [-0.1, -0.05) is 30.9 Å². The lowest BCUT2D eigenvalue weighted by atomic mass is 9.95. The lowest BCUT2D eigenvalue weighted by Crippen LogP contribution is -2.36. The molecule has 20 heavy (non-hydrogen) atoms. The fraction of sp³-hybridized carbons (Fsp3) is 0.462. The van der Waals surface area contributed by atoms with Gasteiger partial charge in [0, 0.05) is 17.1 Å². The van der Waals surface area contributed by atoms with Gasteiger partial charge in [-0.2, -0.15) is 0 Å². The van der Waals surface area contributed by atoms with E-state index in [9.17, 15) is 20.0 Å². The van der Waals surface area contributed by atoms with Gasteiger partial charge in [0.2, 0.25) is 5.75 Å². The quantitative estimate of drug-likeness (QED) is 0.662. The van der Waals surface area contributed by atoms with E-state index < -0.39 is 22.3 Å². The van der Waals surface area contributed by atoms with Crippen LogP contribution in [0.4, 0.5) is 5.69 Å². The van der Waals surface area contributed by atoms with Gasteiger partial charge in [0.05, 0.1) is 10.5 Å². The average Bonchev–Trinajstić information content (AvgIpc) is 2.41. The van der Waals surface area contributed by atoms with Gasteiger partial charge >= 0.3 is 5.69 Å². The van der Waals surface area contributed by atoms with Crippen molar-refractivity contribution < 1.29 is 14.8 Å². The predicted molar refractivity (Wildman–Crippen MR) is 74.1 cm³/mol. The summed E-state index contributed by atoms with van der Waals surface area (Å²) < 4.78 is 0. The van der Waals surface area contributed by atoms with E-state index in [1.807, 2.05) is 0 Å². The molecule has 1 aliphatic rings. The third-order valence-electron chi connectivity index (χ3n) is 3.44. The number of nitro benzene ring substituents is 1. The molecule has 0 bridgehead atoms. The Kier molecular flexibility index (Phi) is 4.44. The SMILES string of the molecule is O=C(NC1CCCCC1)c1cc(Cl)cc([N+](=O)[O-])c1O. The van der Waals surface area contributed by atoms with Crippen molar-refractivity contribution in [3.05, 3.63) is 32.8 Å². The Balaban J connectivity index is 2.22. The maximum Gasteiger partial charge on any atom is 0.313 e. The molecule has 0 radical (unpaired) electrons. The number of nitrogens with one attached hydrogen (secondary N) is 1. The number of nitrogens with zero attached hydrogens (tertiary/aromatic N) is 1. The van der Waals surface area contributed by atoms with Crippen LogP contribution in [0.25, 0.3) is 0 Å². The van der Waals surface area contributed by atoms with Crippen molar-refractivity contribution in [3.8, 4) is 5.75 Å². The van der Waals surface area contributed by atoms with Crippen molar-refractivity contribution in [1.29, 1.82) is 0 Å². The van der Waals surface area contributed by atoms with Gasteiger partial charge in [0.25, 0.3) is 5.91 Å². The van der Waals surface area contributed by atoms with Crippen LogP contribution in [0.15, 0.2) is 12.1 Å². The van der Waals surface area contributed by atoms with E-state index in [1.54, 1.807) is 0 Å². The van der Waals surface area contributed by atoms with Gasteiger partial charge in [-0.05, 0) is 18.9 Å². The number of hydrogen-bond acceptors (Lipinski definition) is 4. The molecule has 0 aromatic heterocycles. The van der Waals surface area contributed by atoms with Crippen molar-refractivity contribution in [3.63, 3.8) is 0 Å². The summed E-state index contributed by atoms with van der Waals surface area (Å²) in [5, 5.41) is 23.5. The number of carbonyl (C=O) groups is 1. The highest BCUT2D eigenvalue weighted by molar-refractivity contribution is 6.31. The molecule has 1 fully saturated rings. The molecule has 1 saturated carbocycles. The van der Waals surface area contributed by atoms with Gasteiger partial charge in [-0.3, -0.25) is 14.9 Å². The van der Waals surface area contributed by atoms with E-state index in [0.717, 1.165) is 38.2 Å². The highest BCUT2D eigenvalue weighted by Crippen LogP contribution is 2.33. The summed E-state index contributed by atoms with van der Waals surface area (Å²) in [4.78, 5) is 22.1. The van der Waals surface area contributed by atoms with Crippen LogP contribution in [-0.4, -0.2) is 22.0 Å². The molecule has 1 aliphatic carbocycles. The summed E-state index contributed by atoms with van der Waals surface area (Å²) in [7, 11) is 0. The number of halogens is 1. The molecule has 0 aliphatic heterocycles. The molecule has 0 spiro atoms. The van der Waals surface area contributed by atoms with Gasteiger partial charge in [0.15, 0.2) is 0 Å². The van der Waals surface area contributed by atoms with E-state index in [1.165, 1.54) is 6.07 Å². The predicted octanol–water partition coefficient (Wildman–Crippen LogP) is 3.02. The van der Waals surface area contributed by atoms with E-state index in [4.69, 9.17) is 11.6 Å². The fourth-order valence-corrected chi connectivity index (χ4v) is 2.62. The highest BCUT2D eigenvalue weighted by atomic mass is 35.5. The third kappa shape index (κ3) is 3.19. The molecule has 0 unspecified atom stereocenters. The molecule has 1 aromatic carbocycles. The molecule has 0 atom stereocenters. The maximum absolute atomic E-state index is 12.1. The van der Waals surface area contributed by atoms with Crippen LogP contribution in [0.2, 0.25) is 5.02 Å². The zero-order valence-electron chi connectivity index (χ0n) is 10.8.